The maximum absolute atomic E-state index is 13.3. The minimum absolute atomic E-state index is 0.0182. The van der Waals surface area contributed by atoms with Crippen molar-refractivity contribution in [3.8, 4) is 5.75 Å². The molecule has 2 aliphatic rings. The van der Waals surface area contributed by atoms with Crippen LogP contribution >= 0.6 is 0 Å². The number of aromatic nitrogens is 1. The number of carboxylic acid groups (broad SMARTS) is 1. The monoisotopic (exact) mass is 607 g/mol. The highest BCUT2D eigenvalue weighted by atomic mass is 32.2. The van der Waals surface area contributed by atoms with Gasteiger partial charge in [-0.2, -0.15) is 0 Å². The van der Waals surface area contributed by atoms with Crippen LogP contribution in [0.5, 0.6) is 5.75 Å². The Morgan fingerprint density at radius 3 is 2.38 bits per heavy atom. The Bertz CT molecular complexity index is 1450. The van der Waals surface area contributed by atoms with Crippen molar-refractivity contribution in [1.29, 1.82) is 0 Å². The van der Waals surface area contributed by atoms with Gasteiger partial charge in [0.05, 0.1) is 18.4 Å². The Hall–Kier alpha value is -3.18. The van der Waals surface area contributed by atoms with Crippen LogP contribution in [0.3, 0.4) is 0 Å². The number of aromatic amines is 1. The predicted molar refractivity (Wildman–Crippen MR) is 164 cm³/mol. The lowest BCUT2D eigenvalue weighted by Crippen LogP contribution is -2.52. The summed E-state index contributed by atoms with van der Waals surface area (Å²) in [6.07, 6.45) is 5.05. The van der Waals surface area contributed by atoms with Crippen LogP contribution in [0.1, 0.15) is 61.0 Å². The molecule has 3 aromatic rings. The summed E-state index contributed by atoms with van der Waals surface area (Å²) in [6, 6.07) is 10.4. The van der Waals surface area contributed by atoms with E-state index < -0.39 is 21.7 Å². The van der Waals surface area contributed by atoms with Crippen molar-refractivity contribution in [1.82, 2.24) is 9.88 Å². The molecule has 1 aromatic heterocycles. The first-order chi connectivity index (χ1) is 19.8. The fraction of sp³-hybridized carbons (Fsp3) is 0.516. The number of alkyl halides is 2. The maximum atomic E-state index is 13.3. The van der Waals surface area contributed by atoms with Gasteiger partial charge in [0.15, 0.2) is 0 Å². The number of H-pyrrole nitrogens is 1. The Balaban J connectivity index is 0.000000235. The Labute approximate surface area is 247 Å². The number of sulfone groups is 1. The van der Waals surface area contributed by atoms with Crippen molar-refractivity contribution < 1.29 is 31.8 Å². The summed E-state index contributed by atoms with van der Waals surface area (Å²) in [5, 5.41) is 12.8. The van der Waals surface area contributed by atoms with E-state index in [1.54, 1.807) is 19.2 Å². The van der Waals surface area contributed by atoms with E-state index in [0.29, 0.717) is 5.69 Å². The van der Waals surface area contributed by atoms with Crippen LogP contribution in [-0.2, 0) is 16.4 Å². The number of fused-ring (bicyclic) bond motifs is 1. The van der Waals surface area contributed by atoms with Crippen LogP contribution in [0.4, 0.5) is 14.5 Å². The number of nitrogens with one attached hydrogen (secondary N) is 2. The quantitative estimate of drug-likeness (QED) is 0.273. The van der Waals surface area contributed by atoms with Gasteiger partial charge in [-0.3, -0.25) is 4.90 Å². The van der Waals surface area contributed by atoms with Crippen LogP contribution < -0.4 is 10.1 Å². The summed E-state index contributed by atoms with van der Waals surface area (Å²) in [4.78, 5) is 16.3. The fourth-order valence-electron chi connectivity index (χ4n) is 5.73. The van der Waals surface area contributed by atoms with E-state index in [4.69, 9.17) is 9.84 Å². The van der Waals surface area contributed by atoms with Crippen LogP contribution in [0.25, 0.3) is 10.9 Å². The number of aryl methyl sites for hydroxylation is 1. The maximum Gasteiger partial charge on any atom is 0.335 e. The normalized spacial score (nSPS) is 17.3. The molecule has 2 aromatic carbocycles. The summed E-state index contributed by atoms with van der Waals surface area (Å²) in [7, 11) is -1.29. The van der Waals surface area contributed by atoms with Crippen molar-refractivity contribution >= 4 is 32.4 Å². The molecular weight excluding hydrogens is 564 g/mol. The van der Waals surface area contributed by atoms with Crippen LogP contribution in [0.15, 0.2) is 42.6 Å². The van der Waals surface area contributed by atoms with Gasteiger partial charge in [-0.1, -0.05) is 19.9 Å². The number of ether oxygens (including phenoxy) is 1. The highest BCUT2D eigenvalue weighted by Crippen LogP contribution is 2.57. The van der Waals surface area contributed by atoms with Crippen molar-refractivity contribution in [2.24, 2.45) is 5.41 Å². The fourth-order valence-corrected chi connectivity index (χ4v) is 6.20. The van der Waals surface area contributed by atoms with Gasteiger partial charge < -0.3 is 20.1 Å². The molecule has 1 saturated carbocycles. The number of hydrogen-bond donors (Lipinski definition) is 3. The summed E-state index contributed by atoms with van der Waals surface area (Å²) < 4.78 is 53.8. The third-order valence-electron chi connectivity index (χ3n) is 7.81. The summed E-state index contributed by atoms with van der Waals surface area (Å²) >= 11 is 0. The molecule has 11 heteroatoms. The van der Waals surface area contributed by atoms with E-state index in [2.05, 4.69) is 34.3 Å². The molecule has 3 N–H and O–H groups in total. The topological polar surface area (TPSA) is 112 Å². The lowest BCUT2D eigenvalue weighted by molar-refractivity contribution is -0.178. The molecule has 1 spiro atoms. The number of piperidine rings is 1. The molecule has 0 radical (unpaired) electrons. The second-order valence-electron chi connectivity index (χ2n) is 11.1. The van der Waals surface area contributed by atoms with Crippen molar-refractivity contribution in [2.75, 3.05) is 44.1 Å². The molecule has 0 atom stereocenters. The van der Waals surface area contributed by atoms with Gasteiger partial charge in [0.1, 0.15) is 15.6 Å². The van der Waals surface area contributed by atoms with Gasteiger partial charge >= 0.3 is 5.97 Å². The lowest BCUT2D eigenvalue weighted by atomic mass is 9.61. The van der Waals surface area contributed by atoms with Gasteiger partial charge in [0.2, 0.25) is 5.92 Å². The number of carbonyl (C=O) groups is 1. The molecule has 0 amide bonds. The van der Waals surface area contributed by atoms with Crippen molar-refractivity contribution in [3.63, 3.8) is 0 Å². The van der Waals surface area contributed by atoms with Crippen molar-refractivity contribution in [3.05, 3.63) is 59.3 Å². The van der Waals surface area contributed by atoms with E-state index in [1.165, 1.54) is 28.6 Å². The highest BCUT2D eigenvalue weighted by Gasteiger charge is 2.56. The minimum Gasteiger partial charge on any atom is -0.496 e. The first-order valence-electron chi connectivity index (χ1n) is 14.3. The molecule has 0 unspecified atom stereocenters. The SMILES string of the molecule is CC.COc1cc(C)c2[nH]ccc2c1CN1CCC2(CC1)CC(F)(F)C2.CS(=O)(=O)CCNc1cccc(C(=O)O)c1. The first-order valence-corrected chi connectivity index (χ1v) is 16.3. The molecule has 1 aliphatic heterocycles. The van der Waals surface area contributed by atoms with Gasteiger partial charge in [0, 0.05) is 60.5 Å². The van der Waals surface area contributed by atoms with Crippen LogP contribution in [-0.4, -0.2) is 74.1 Å². The summed E-state index contributed by atoms with van der Waals surface area (Å²) in [5.41, 5.74) is 4.19. The highest BCUT2D eigenvalue weighted by molar-refractivity contribution is 7.90. The smallest absolute Gasteiger partial charge is 0.335 e. The second-order valence-corrected chi connectivity index (χ2v) is 13.3. The molecular formula is C31H43F2N3O5S. The second kappa shape index (κ2) is 13.9. The molecule has 1 saturated heterocycles. The van der Waals surface area contributed by atoms with E-state index >= 15 is 0 Å². The number of likely N-dealkylation sites (tertiary alicyclic amines) is 1. The number of benzene rings is 2. The molecule has 5 rings (SSSR count). The third-order valence-corrected chi connectivity index (χ3v) is 8.75. The minimum atomic E-state index is -3.00. The van der Waals surface area contributed by atoms with Crippen LogP contribution in [0.2, 0.25) is 0 Å². The first kappa shape index (κ1) is 33.3. The molecule has 2 heterocycles. The average molecular weight is 608 g/mol. The zero-order valence-electron chi connectivity index (χ0n) is 25.1. The molecule has 1 aliphatic carbocycles. The Morgan fingerprint density at radius 1 is 1.14 bits per heavy atom. The Kier molecular flexibility index (Phi) is 11.0. The van der Waals surface area contributed by atoms with Gasteiger partial charge in [-0.15, -0.1) is 0 Å². The van der Waals surface area contributed by atoms with Crippen LogP contribution in [0, 0.1) is 12.3 Å². The number of aromatic carboxylic acids is 1. The summed E-state index contributed by atoms with van der Waals surface area (Å²) in [6.45, 7) is 8.93. The number of rotatable bonds is 8. The number of hydrogen-bond acceptors (Lipinski definition) is 6. The molecule has 2 fully saturated rings. The number of halogens is 2. The van der Waals surface area contributed by atoms with E-state index in [-0.39, 0.29) is 36.1 Å². The van der Waals surface area contributed by atoms with E-state index in [9.17, 15) is 22.0 Å². The zero-order chi connectivity index (χ0) is 31.1. The van der Waals surface area contributed by atoms with Gasteiger partial charge in [-0.05, 0) is 74.2 Å². The molecule has 232 valence electrons. The zero-order valence-corrected chi connectivity index (χ0v) is 25.9. The van der Waals surface area contributed by atoms with Crippen molar-refractivity contribution in [2.45, 2.75) is 58.9 Å². The average Bonchev–Trinajstić information content (AvgIpc) is 3.42. The molecule has 42 heavy (non-hydrogen) atoms. The van der Waals surface area contributed by atoms with E-state index in [0.717, 1.165) is 50.0 Å². The lowest BCUT2D eigenvalue weighted by Gasteiger charge is -2.51. The summed E-state index contributed by atoms with van der Waals surface area (Å²) in [5.74, 6) is -2.49. The van der Waals surface area contributed by atoms with E-state index in [1.807, 2.05) is 20.0 Å². The Morgan fingerprint density at radius 2 is 1.81 bits per heavy atom. The van der Waals surface area contributed by atoms with Gasteiger partial charge in [0.25, 0.3) is 0 Å². The molecule has 8 nitrogen and oxygen atoms in total. The number of anilines is 1. The number of methoxy groups -OCH3 is 1. The largest absolute Gasteiger partial charge is 0.496 e. The number of carboxylic acids is 1. The third kappa shape index (κ3) is 8.67. The van der Waals surface area contributed by atoms with Gasteiger partial charge in [-0.25, -0.2) is 22.0 Å². The standard InChI is InChI=1S/C19H24F2N2O.C10H13NO4S.C2H6/c1-13-9-16(24-2)15(14-3-6-22-17(13)14)10-23-7-4-18(5-8-23)11-19(20,21)12-18;1-16(14,15)6-5-11-9-4-2-3-8(7-9)10(12)13;1-2/h3,6,9,22H,4-5,7-8,10-12H2,1-2H3;2-4,7,11H,5-6H2,1H3,(H,12,13);1-2H3. The predicted octanol–water partition coefficient (Wildman–Crippen LogP) is 6.36. The number of nitrogens with zero attached hydrogens (tertiary/aromatic N) is 1. The molecule has 0 bridgehead atoms.